The Morgan fingerprint density at radius 2 is 1.66 bits per heavy atom. The predicted octanol–water partition coefficient (Wildman–Crippen LogP) is 2.80. The number of para-hydroxylation sites is 1. The van der Waals surface area contributed by atoms with Crippen molar-refractivity contribution in [2.75, 3.05) is 50.8 Å². The minimum absolute atomic E-state index is 0.0315. The van der Waals surface area contributed by atoms with Crippen LogP contribution < -0.4 is 10.5 Å². The first kappa shape index (κ1) is 22.7. The van der Waals surface area contributed by atoms with Crippen molar-refractivity contribution in [1.82, 2.24) is 24.3 Å². The van der Waals surface area contributed by atoms with E-state index < -0.39 is 0 Å². The van der Waals surface area contributed by atoms with Gasteiger partial charge in [-0.2, -0.15) is 0 Å². The molecule has 3 fully saturated rings. The Morgan fingerprint density at radius 1 is 0.914 bits per heavy atom. The van der Waals surface area contributed by atoms with Crippen molar-refractivity contribution in [3.8, 4) is 0 Å². The first-order chi connectivity index (χ1) is 17.2. The second-order valence-electron chi connectivity index (χ2n) is 10.0. The van der Waals surface area contributed by atoms with Gasteiger partial charge in [0.15, 0.2) is 5.82 Å². The minimum Gasteiger partial charge on any atom is -0.379 e. The Hall–Kier alpha value is -2.75. The molecular weight excluding hydrogens is 444 g/mol. The molecule has 5 heterocycles. The zero-order chi connectivity index (χ0) is 23.8. The maximum absolute atomic E-state index is 14.2. The van der Waals surface area contributed by atoms with Gasteiger partial charge >= 0.3 is 6.03 Å². The van der Waals surface area contributed by atoms with Crippen molar-refractivity contribution in [3.63, 3.8) is 0 Å². The van der Waals surface area contributed by atoms with Crippen LogP contribution in [0.4, 0.5) is 16.3 Å². The molecule has 1 aromatic heterocycles. The van der Waals surface area contributed by atoms with Gasteiger partial charge in [-0.3, -0.25) is 19.2 Å². The molecule has 0 spiro atoms. The SMILES string of the molecule is O=C1N(c2ccccc2)c2ncn(CN3CCOCC3)c(=O)c2C2C(N3CCCC3)CCCCN12. The number of morpholine rings is 1. The highest BCUT2D eigenvalue weighted by Crippen LogP contribution is 2.43. The molecule has 0 N–H and O–H groups in total. The molecule has 4 aliphatic rings. The number of rotatable bonds is 4. The van der Waals surface area contributed by atoms with Crippen LogP contribution in [0, 0.1) is 0 Å². The fraction of sp³-hybridized carbons (Fsp3) is 0.577. The van der Waals surface area contributed by atoms with Crippen molar-refractivity contribution < 1.29 is 9.53 Å². The third-order valence-electron chi connectivity index (χ3n) is 7.93. The number of ether oxygens (including phenoxy) is 1. The molecule has 9 nitrogen and oxygen atoms in total. The summed E-state index contributed by atoms with van der Waals surface area (Å²) in [7, 11) is 0. The van der Waals surface area contributed by atoms with Crippen LogP contribution in [0.2, 0.25) is 0 Å². The summed E-state index contributed by atoms with van der Waals surface area (Å²) < 4.78 is 7.22. The number of benzene rings is 1. The molecule has 1 aromatic carbocycles. The minimum atomic E-state index is -0.268. The van der Waals surface area contributed by atoms with Gasteiger partial charge in [-0.25, -0.2) is 14.7 Å². The molecule has 0 saturated carbocycles. The molecule has 0 aliphatic carbocycles. The topological polar surface area (TPSA) is 74.2 Å². The van der Waals surface area contributed by atoms with Gasteiger partial charge < -0.3 is 9.64 Å². The Morgan fingerprint density at radius 3 is 2.43 bits per heavy atom. The molecule has 4 aliphatic heterocycles. The molecule has 3 saturated heterocycles. The lowest BCUT2D eigenvalue weighted by atomic mass is 9.93. The van der Waals surface area contributed by atoms with Gasteiger partial charge in [0.25, 0.3) is 5.56 Å². The summed E-state index contributed by atoms with van der Waals surface area (Å²) >= 11 is 0. The summed E-state index contributed by atoms with van der Waals surface area (Å²) in [4.78, 5) is 41.3. The zero-order valence-corrected chi connectivity index (χ0v) is 20.2. The van der Waals surface area contributed by atoms with E-state index in [0.29, 0.717) is 37.8 Å². The van der Waals surface area contributed by atoms with Crippen LogP contribution in [0.1, 0.15) is 43.7 Å². The number of aromatic nitrogens is 2. The second kappa shape index (κ2) is 9.72. The lowest BCUT2D eigenvalue weighted by Crippen LogP contribution is -2.56. The van der Waals surface area contributed by atoms with Crippen molar-refractivity contribution in [2.45, 2.75) is 50.9 Å². The van der Waals surface area contributed by atoms with Crippen LogP contribution in [0.3, 0.4) is 0 Å². The first-order valence-corrected chi connectivity index (χ1v) is 13.0. The maximum atomic E-state index is 14.2. The highest BCUT2D eigenvalue weighted by atomic mass is 16.5. The van der Waals surface area contributed by atoms with Gasteiger partial charge in [0, 0.05) is 25.7 Å². The average molecular weight is 479 g/mol. The third-order valence-corrected chi connectivity index (χ3v) is 7.93. The van der Waals surface area contributed by atoms with Gasteiger partial charge in [-0.05, 0) is 50.9 Å². The largest absolute Gasteiger partial charge is 0.379 e. The third kappa shape index (κ3) is 4.15. The standard InChI is InChI=1S/C26H34N6O3/c33-25-22-23-21(29-11-6-7-12-29)10-4-5-13-31(23)26(34)32(20-8-2-1-3-9-20)24(22)27-18-30(25)19-28-14-16-35-17-15-28/h1-3,8-9,18,21,23H,4-7,10-17,19H2. The summed E-state index contributed by atoms with van der Waals surface area (Å²) in [6.45, 7) is 6.16. The number of nitrogens with zero attached hydrogens (tertiary/aromatic N) is 6. The lowest BCUT2D eigenvalue weighted by Gasteiger charge is -2.45. The quantitative estimate of drug-likeness (QED) is 0.673. The normalized spacial score (nSPS) is 25.9. The van der Waals surface area contributed by atoms with Crippen LogP contribution in [0.15, 0.2) is 41.5 Å². The van der Waals surface area contributed by atoms with E-state index in [9.17, 15) is 9.59 Å². The number of carbonyl (C=O) groups excluding carboxylic acids is 1. The molecule has 0 bridgehead atoms. The highest BCUT2D eigenvalue weighted by Gasteiger charge is 2.47. The van der Waals surface area contributed by atoms with Gasteiger partial charge in [0.05, 0.1) is 37.2 Å². The number of likely N-dealkylation sites (tertiary alicyclic amines) is 1. The van der Waals surface area contributed by atoms with Crippen LogP contribution in [-0.4, -0.2) is 82.3 Å². The summed E-state index contributed by atoms with van der Waals surface area (Å²) in [5, 5.41) is 0. The zero-order valence-electron chi connectivity index (χ0n) is 20.2. The molecule has 2 aromatic rings. The van der Waals surface area contributed by atoms with Crippen molar-refractivity contribution in [2.24, 2.45) is 0 Å². The van der Waals surface area contributed by atoms with Crippen molar-refractivity contribution in [3.05, 3.63) is 52.6 Å². The van der Waals surface area contributed by atoms with Gasteiger partial charge in [0.1, 0.15) is 6.33 Å². The first-order valence-electron chi connectivity index (χ1n) is 13.0. The fourth-order valence-electron chi connectivity index (χ4n) is 6.18. The summed E-state index contributed by atoms with van der Waals surface area (Å²) in [5.41, 5.74) is 1.39. The van der Waals surface area contributed by atoms with E-state index in [1.165, 1.54) is 12.8 Å². The smallest absolute Gasteiger partial charge is 0.330 e. The maximum Gasteiger partial charge on any atom is 0.330 e. The molecular formula is C26H34N6O3. The number of amides is 2. The van der Waals surface area contributed by atoms with Crippen LogP contribution in [0.25, 0.3) is 0 Å². The van der Waals surface area contributed by atoms with Crippen molar-refractivity contribution >= 4 is 17.5 Å². The van der Waals surface area contributed by atoms with Crippen molar-refractivity contribution in [1.29, 1.82) is 0 Å². The second-order valence-corrected chi connectivity index (χ2v) is 10.0. The Bertz CT molecular complexity index is 1110. The fourth-order valence-corrected chi connectivity index (χ4v) is 6.18. The molecule has 35 heavy (non-hydrogen) atoms. The number of hydrogen-bond donors (Lipinski definition) is 0. The van der Waals surface area contributed by atoms with E-state index in [4.69, 9.17) is 9.72 Å². The Balaban J connectivity index is 1.49. The Labute approximate surface area is 205 Å². The molecule has 6 rings (SSSR count). The summed E-state index contributed by atoms with van der Waals surface area (Å²) in [5.74, 6) is 0.497. The van der Waals surface area contributed by atoms with Crippen LogP contribution in [-0.2, 0) is 11.4 Å². The van der Waals surface area contributed by atoms with Gasteiger partial charge in [-0.1, -0.05) is 24.6 Å². The molecule has 186 valence electrons. The van der Waals surface area contributed by atoms with E-state index in [0.717, 1.165) is 51.1 Å². The number of hydrogen-bond acceptors (Lipinski definition) is 6. The molecule has 2 amide bonds. The molecule has 0 radical (unpaired) electrons. The molecule has 9 heteroatoms. The number of fused-ring (bicyclic) bond motifs is 3. The van der Waals surface area contributed by atoms with E-state index in [1.807, 2.05) is 35.2 Å². The highest BCUT2D eigenvalue weighted by molar-refractivity contribution is 6.01. The summed E-state index contributed by atoms with van der Waals surface area (Å²) in [6.07, 6.45) is 6.98. The monoisotopic (exact) mass is 478 g/mol. The number of carbonyl (C=O) groups is 1. The summed E-state index contributed by atoms with van der Waals surface area (Å²) in [6, 6.07) is 9.41. The van der Waals surface area contributed by atoms with E-state index in [2.05, 4.69) is 9.80 Å². The van der Waals surface area contributed by atoms with Gasteiger partial charge in [-0.15, -0.1) is 0 Å². The van der Waals surface area contributed by atoms with E-state index in [1.54, 1.807) is 15.8 Å². The van der Waals surface area contributed by atoms with E-state index >= 15 is 0 Å². The predicted molar refractivity (Wildman–Crippen MR) is 133 cm³/mol. The van der Waals surface area contributed by atoms with Crippen LogP contribution in [0.5, 0.6) is 0 Å². The van der Waals surface area contributed by atoms with E-state index in [-0.39, 0.29) is 23.7 Å². The number of anilines is 2. The molecule has 2 atom stereocenters. The number of urea groups is 1. The van der Waals surface area contributed by atoms with Crippen LogP contribution >= 0.6 is 0 Å². The average Bonchev–Trinajstić information content (AvgIpc) is 3.33. The van der Waals surface area contributed by atoms with Gasteiger partial charge in [0.2, 0.25) is 0 Å². The molecule has 2 unspecified atom stereocenters. The lowest BCUT2D eigenvalue weighted by molar-refractivity contribution is 0.0224. The Kier molecular flexibility index (Phi) is 6.30.